The summed E-state index contributed by atoms with van der Waals surface area (Å²) in [5, 5.41) is 0. The lowest BCUT2D eigenvalue weighted by atomic mass is 10.3. The third-order valence-corrected chi connectivity index (χ3v) is 2.43. The van der Waals surface area contributed by atoms with E-state index in [0.717, 1.165) is 11.1 Å². The van der Waals surface area contributed by atoms with E-state index >= 15 is 0 Å². The van der Waals surface area contributed by atoms with E-state index in [9.17, 15) is 0 Å². The van der Waals surface area contributed by atoms with E-state index < -0.39 is 0 Å². The fourth-order valence-electron chi connectivity index (χ4n) is 1.40. The molecule has 0 aliphatic carbocycles. The molecule has 0 unspecified atom stereocenters. The molecule has 0 spiro atoms. The molecular weight excluding hydrogens is 248 g/mol. The molecule has 0 heterocycles. The minimum absolute atomic E-state index is 0.327. The van der Waals surface area contributed by atoms with Crippen LogP contribution in [0.2, 0.25) is 0 Å². The lowest BCUT2D eigenvalue weighted by Crippen LogP contribution is -2.12. The summed E-state index contributed by atoms with van der Waals surface area (Å²) in [6.07, 6.45) is 3.11. The second-order valence-corrected chi connectivity index (χ2v) is 4.20. The van der Waals surface area contributed by atoms with Crippen LogP contribution in [-0.2, 0) is 23.7 Å². The van der Waals surface area contributed by atoms with Gasteiger partial charge in [-0.2, -0.15) is 0 Å². The van der Waals surface area contributed by atoms with Crippen molar-refractivity contribution in [3.8, 4) is 0 Å². The van der Waals surface area contributed by atoms with E-state index in [1.54, 1.807) is 28.4 Å². The maximum atomic E-state index is 5.58. The standard InChI is InChI=1S/C14H26O5/c1-11(7-13(15-3)16-4)9-19-10-12(2)8-14(17-5)18-6/h7-8,13-14H,9-10H2,1-6H3/b11-7-,12-8+. The molecule has 0 N–H and O–H groups in total. The predicted octanol–water partition coefficient (Wildman–Crippen LogP) is 2.13. The van der Waals surface area contributed by atoms with Gasteiger partial charge in [-0.25, -0.2) is 0 Å². The van der Waals surface area contributed by atoms with E-state index in [4.69, 9.17) is 23.7 Å². The first kappa shape index (κ1) is 18.3. The summed E-state index contributed by atoms with van der Waals surface area (Å²) in [6.45, 7) is 4.99. The molecule has 0 fully saturated rings. The highest BCUT2D eigenvalue weighted by molar-refractivity contribution is 5.03. The van der Waals surface area contributed by atoms with Gasteiger partial charge in [0.15, 0.2) is 12.6 Å². The lowest BCUT2D eigenvalue weighted by Gasteiger charge is -2.12. The Balaban J connectivity index is 4.08. The van der Waals surface area contributed by atoms with Gasteiger partial charge < -0.3 is 23.7 Å². The third-order valence-electron chi connectivity index (χ3n) is 2.43. The maximum absolute atomic E-state index is 5.58. The Labute approximate surface area is 116 Å². The summed E-state index contributed by atoms with van der Waals surface area (Å²) in [7, 11) is 6.39. The van der Waals surface area contributed by atoms with Crippen LogP contribution in [0.4, 0.5) is 0 Å². The van der Waals surface area contributed by atoms with E-state index in [1.807, 2.05) is 26.0 Å². The van der Waals surface area contributed by atoms with Gasteiger partial charge in [-0.05, 0) is 37.1 Å². The number of ether oxygens (including phenoxy) is 5. The minimum atomic E-state index is -0.327. The average molecular weight is 274 g/mol. The van der Waals surface area contributed by atoms with Crippen molar-refractivity contribution >= 4 is 0 Å². The number of hydrogen-bond acceptors (Lipinski definition) is 5. The molecule has 0 rings (SSSR count). The van der Waals surface area contributed by atoms with E-state index in [0.29, 0.717) is 13.2 Å². The first-order valence-electron chi connectivity index (χ1n) is 6.10. The van der Waals surface area contributed by atoms with Crippen LogP contribution in [0.5, 0.6) is 0 Å². The molecule has 0 aromatic carbocycles. The van der Waals surface area contributed by atoms with E-state index in [-0.39, 0.29) is 12.6 Å². The van der Waals surface area contributed by atoms with Gasteiger partial charge in [0.25, 0.3) is 0 Å². The molecular formula is C14H26O5. The Kier molecular flexibility index (Phi) is 10.7. The summed E-state index contributed by atoms with van der Waals surface area (Å²) in [4.78, 5) is 0. The smallest absolute Gasteiger partial charge is 0.176 e. The molecule has 0 aliphatic rings. The Hall–Kier alpha value is -0.720. The summed E-state index contributed by atoms with van der Waals surface area (Å²) < 4.78 is 25.9. The molecule has 19 heavy (non-hydrogen) atoms. The van der Waals surface area contributed by atoms with Crippen LogP contribution in [0.15, 0.2) is 23.3 Å². The van der Waals surface area contributed by atoms with Gasteiger partial charge in [-0.15, -0.1) is 0 Å². The van der Waals surface area contributed by atoms with Crippen molar-refractivity contribution in [1.82, 2.24) is 0 Å². The van der Waals surface area contributed by atoms with Crippen LogP contribution in [0.1, 0.15) is 13.8 Å². The fraction of sp³-hybridized carbons (Fsp3) is 0.714. The molecule has 0 saturated carbocycles. The van der Waals surface area contributed by atoms with Gasteiger partial charge >= 0.3 is 0 Å². The van der Waals surface area contributed by atoms with Crippen molar-refractivity contribution in [2.75, 3.05) is 41.7 Å². The largest absolute Gasteiger partial charge is 0.373 e. The molecule has 0 saturated heterocycles. The van der Waals surface area contributed by atoms with Crippen molar-refractivity contribution in [3.63, 3.8) is 0 Å². The Bertz CT molecular complexity index is 250. The van der Waals surface area contributed by atoms with Crippen molar-refractivity contribution < 1.29 is 23.7 Å². The quantitative estimate of drug-likeness (QED) is 0.451. The Morgan fingerprint density at radius 3 is 1.32 bits per heavy atom. The Morgan fingerprint density at radius 2 is 1.05 bits per heavy atom. The van der Waals surface area contributed by atoms with Gasteiger partial charge in [0.2, 0.25) is 0 Å². The average Bonchev–Trinajstić information content (AvgIpc) is 2.42. The van der Waals surface area contributed by atoms with E-state index in [2.05, 4.69) is 0 Å². The maximum Gasteiger partial charge on any atom is 0.176 e. The molecule has 5 heteroatoms. The predicted molar refractivity (Wildman–Crippen MR) is 73.9 cm³/mol. The first-order valence-corrected chi connectivity index (χ1v) is 6.10. The summed E-state index contributed by atoms with van der Waals surface area (Å²) in [5.74, 6) is 0. The second-order valence-electron chi connectivity index (χ2n) is 4.20. The molecule has 5 nitrogen and oxygen atoms in total. The molecule has 112 valence electrons. The van der Waals surface area contributed by atoms with Gasteiger partial charge in [-0.1, -0.05) is 0 Å². The number of hydrogen-bond donors (Lipinski definition) is 0. The molecule has 0 aromatic rings. The van der Waals surface area contributed by atoms with Crippen molar-refractivity contribution in [1.29, 1.82) is 0 Å². The topological polar surface area (TPSA) is 46.2 Å². The molecule has 0 amide bonds. The molecule has 0 aromatic heterocycles. The number of methoxy groups -OCH3 is 4. The molecule has 0 aliphatic heterocycles. The highest BCUT2D eigenvalue weighted by atomic mass is 16.7. The molecule has 0 radical (unpaired) electrons. The Morgan fingerprint density at radius 1 is 0.737 bits per heavy atom. The minimum Gasteiger partial charge on any atom is -0.373 e. The normalized spacial score (nSPS) is 13.7. The van der Waals surface area contributed by atoms with Crippen LogP contribution >= 0.6 is 0 Å². The SMILES string of the molecule is COC(/C=C(/C)COC/C(C)=C/C(OC)OC)OC. The van der Waals surface area contributed by atoms with Gasteiger partial charge in [0.1, 0.15) is 0 Å². The van der Waals surface area contributed by atoms with Gasteiger partial charge in [0.05, 0.1) is 13.2 Å². The highest BCUT2D eigenvalue weighted by Crippen LogP contribution is 2.04. The van der Waals surface area contributed by atoms with Crippen molar-refractivity contribution in [2.24, 2.45) is 0 Å². The fourth-order valence-corrected chi connectivity index (χ4v) is 1.40. The summed E-state index contributed by atoms with van der Waals surface area (Å²) in [6, 6.07) is 0. The van der Waals surface area contributed by atoms with Crippen LogP contribution in [0.3, 0.4) is 0 Å². The second kappa shape index (κ2) is 11.1. The van der Waals surface area contributed by atoms with Crippen LogP contribution < -0.4 is 0 Å². The zero-order chi connectivity index (χ0) is 14.7. The van der Waals surface area contributed by atoms with Crippen LogP contribution in [-0.4, -0.2) is 54.2 Å². The van der Waals surface area contributed by atoms with Crippen molar-refractivity contribution in [2.45, 2.75) is 26.4 Å². The lowest BCUT2D eigenvalue weighted by molar-refractivity contribution is -0.0677. The van der Waals surface area contributed by atoms with Crippen LogP contribution in [0.25, 0.3) is 0 Å². The zero-order valence-corrected chi connectivity index (χ0v) is 12.8. The first-order chi connectivity index (χ1) is 9.07. The van der Waals surface area contributed by atoms with Crippen LogP contribution in [0, 0.1) is 0 Å². The number of rotatable bonds is 10. The zero-order valence-electron chi connectivity index (χ0n) is 12.8. The van der Waals surface area contributed by atoms with Gasteiger partial charge in [-0.3, -0.25) is 0 Å². The van der Waals surface area contributed by atoms with Crippen molar-refractivity contribution in [3.05, 3.63) is 23.3 Å². The molecule has 0 bridgehead atoms. The molecule has 0 atom stereocenters. The third kappa shape index (κ3) is 8.91. The monoisotopic (exact) mass is 274 g/mol. The van der Waals surface area contributed by atoms with Gasteiger partial charge in [0, 0.05) is 28.4 Å². The van der Waals surface area contributed by atoms with E-state index in [1.165, 1.54) is 0 Å². The highest BCUT2D eigenvalue weighted by Gasteiger charge is 2.03. The summed E-state index contributed by atoms with van der Waals surface area (Å²) in [5.41, 5.74) is 2.10. The summed E-state index contributed by atoms with van der Waals surface area (Å²) >= 11 is 0.